The van der Waals surface area contributed by atoms with Crippen molar-refractivity contribution in [3.05, 3.63) is 125 Å². The molecule has 0 aromatic heterocycles. The predicted molar refractivity (Wildman–Crippen MR) is 217 cm³/mol. The number of phenolic OH excluding ortho intramolecular Hbond substituents is 1. The van der Waals surface area contributed by atoms with Gasteiger partial charge in [0.15, 0.2) is 0 Å². The van der Waals surface area contributed by atoms with Gasteiger partial charge in [-0.05, 0) is 146 Å². The molecule has 4 aliphatic heterocycles. The lowest BCUT2D eigenvalue weighted by molar-refractivity contribution is -0.133. The summed E-state index contributed by atoms with van der Waals surface area (Å²) in [5.41, 5.74) is 8.97. The molecule has 0 saturated carbocycles. The highest BCUT2D eigenvalue weighted by atomic mass is 16.5. The van der Waals surface area contributed by atoms with Crippen LogP contribution in [0.15, 0.2) is 97.1 Å². The minimum absolute atomic E-state index is 0.0172. The van der Waals surface area contributed by atoms with E-state index in [2.05, 4.69) is 105 Å². The lowest BCUT2D eigenvalue weighted by Crippen LogP contribution is -2.47. The molecule has 4 atom stereocenters. The molecule has 5 aliphatic rings. The molecular weight excluding hydrogens is 685 g/mol. The number of fused-ring (bicyclic) bond motifs is 1. The Labute approximate surface area is 325 Å². The van der Waals surface area contributed by atoms with Gasteiger partial charge in [0.1, 0.15) is 11.8 Å². The van der Waals surface area contributed by atoms with E-state index in [1.807, 2.05) is 12.1 Å². The quantitative estimate of drug-likeness (QED) is 0.160. The van der Waals surface area contributed by atoms with Crippen molar-refractivity contribution in [1.82, 2.24) is 10.2 Å². The van der Waals surface area contributed by atoms with E-state index in [1.165, 1.54) is 39.9 Å². The van der Waals surface area contributed by atoms with E-state index < -0.39 is 0 Å². The first-order valence-electron chi connectivity index (χ1n) is 20.7. The third-order valence-electron chi connectivity index (χ3n) is 13.5. The van der Waals surface area contributed by atoms with E-state index in [-0.39, 0.29) is 29.4 Å². The Hall–Kier alpha value is -4.66. The average Bonchev–Trinajstić information content (AvgIpc) is 3.60. The van der Waals surface area contributed by atoms with Crippen molar-refractivity contribution in [1.29, 1.82) is 0 Å². The molecule has 0 radical (unpaired) electrons. The number of ether oxygens (including phenoxy) is 1. The molecule has 4 aromatic rings. The van der Waals surface area contributed by atoms with Crippen LogP contribution in [0.25, 0.3) is 0 Å². The van der Waals surface area contributed by atoms with Crippen LogP contribution in [0.3, 0.4) is 0 Å². The van der Waals surface area contributed by atoms with Crippen LogP contribution in [0.5, 0.6) is 5.75 Å². The number of carbonyl (C=O) groups excluding carboxylic acids is 2. The molecule has 8 nitrogen and oxygen atoms in total. The number of nitrogens with one attached hydrogen (secondary N) is 2. The first kappa shape index (κ1) is 36.0. The van der Waals surface area contributed by atoms with Crippen LogP contribution in [0.2, 0.25) is 0 Å². The lowest BCUT2D eigenvalue weighted by atomic mass is 9.69. The smallest absolute Gasteiger partial charge is 0.249 e. The summed E-state index contributed by atoms with van der Waals surface area (Å²) < 4.78 is 6.66. The molecule has 286 valence electrons. The van der Waals surface area contributed by atoms with E-state index in [1.54, 1.807) is 0 Å². The Balaban J connectivity index is 0.759. The highest BCUT2D eigenvalue weighted by molar-refractivity contribution is 6.01. The van der Waals surface area contributed by atoms with E-state index in [4.69, 9.17) is 4.74 Å². The SMILES string of the molecule is O=C1CC[C@H](Nc2ccc(C3CCN(C[C@@H]4COC5(CCN(c6ccc([C@H]7c8ccc(O)cc8CC[C@H]7c7ccccc7)cc6)CC5)C4)CC3)cc2)C(=O)N1. The van der Waals surface area contributed by atoms with Gasteiger partial charge in [0.25, 0.3) is 0 Å². The van der Waals surface area contributed by atoms with Gasteiger partial charge >= 0.3 is 0 Å². The molecule has 0 bridgehead atoms. The summed E-state index contributed by atoms with van der Waals surface area (Å²) >= 11 is 0. The molecule has 4 heterocycles. The number of piperidine rings is 3. The number of aryl methyl sites for hydroxylation is 1. The number of hydrogen-bond donors (Lipinski definition) is 3. The molecule has 0 unspecified atom stereocenters. The Morgan fingerprint density at radius 2 is 1.53 bits per heavy atom. The normalized spacial score (nSPS) is 25.8. The minimum Gasteiger partial charge on any atom is -0.508 e. The van der Waals surface area contributed by atoms with E-state index in [0.29, 0.717) is 36.3 Å². The molecule has 55 heavy (non-hydrogen) atoms. The van der Waals surface area contributed by atoms with Crippen LogP contribution in [0.4, 0.5) is 11.4 Å². The standard InChI is InChI=1S/C47H54N4O4/c52-40-15-17-42-37(28-40)10-16-41(35-4-2-1-3-5-35)45(42)36-8-13-39(14-9-36)51-26-22-47(23-27-51)29-32(31-55-47)30-50-24-20-34(21-25-50)33-6-11-38(12-7-33)48-43-18-19-44(53)49-46(43)54/h1-9,11-15,17,28,32,34,41,43,45,48,52H,10,16,18-27,29-31H2,(H,49,53,54)/t32-,41+,43+,45-/m1/s1. The zero-order valence-electron chi connectivity index (χ0n) is 31.8. The van der Waals surface area contributed by atoms with Gasteiger partial charge in [0.2, 0.25) is 11.8 Å². The largest absolute Gasteiger partial charge is 0.508 e. The van der Waals surface area contributed by atoms with Gasteiger partial charge in [-0.15, -0.1) is 0 Å². The van der Waals surface area contributed by atoms with Gasteiger partial charge < -0.3 is 25.0 Å². The fourth-order valence-corrected chi connectivity index (χ4v) is 10.4. The number of nitrogens with zero attached hydrogens (tertiary/aromatic N) is 2. The number of amides is 2. The third kappa shape index (κ3) is 7.76. The second-order valence-corrected chi connectivity index (χ2v) is 16.9. The second kappa shape index (κ2) is 15.5. The number of carbonyl (C=O) groups is 2. The minimum atomic E-state index is -0.353. The van der Waals surface area contributed by atoms with Crippen LogP contribution >= 0.6 is 0 Å². The van der Waals surface area contributed by atoms with Crippen molar-refractivity contribution in [2.75, 3.05) is 49.5 Å². The van der Waals surface area contributed by atoms with Crippen LogP contribution in [-0.4, -0.2) is 72.8 Å². The summed E-state index contributed by atoms with van der Waals surface area (Å²) in [5.74, 6) is 1.76. The van der Waals surface area contributed by atoms with E-state index >= 15 is 0 Å². The molecule has 2 amide bonds. The number of aromatic hydroxyl groups is 1. The van der Waals surface area contributed by atoms with Crippen LogP contribution < -0.4 is 15.5 Å². The topological polar surface area (TPSA) is 94.1 Å². The third-order valence-corrected chi connectivity index (χ3v) is 13.5. The highest BCUT2D eigenvalue weighted by Gasteiger charge is 2.43. The fraction of sp³-hybridized carbons (Fsp3) is 0.447. The number of benzene rings is 4. The Kier molecular flexibility index (Phi) is 10.1. The van der Waals surface area contributed by atoms with Gasteiger partial charge in [-0.2, -0.15) is 0 Å². The Morgan fingerprint density at radius 1 is 0.782 bits per heavy atom. The van der Waals surface area contributed by atoms with Crippen molar-refractivity contribution < 1.29 is 19.4 Å². The van der Waals surface area contributed by atoms with Crippen LogP contribution in [0.1, 0.15) is 96.9 Å². The Bertz CT molecular complexity index is 1970. The molecular formula is C47H54N4O4. The van der Waals surface area contributed by atoms with Gasteiger partial charge in [0.05, 0.1) is 12.2 Å². The Morgan fingerprint density at radius 3 is 2.27 bits per heavy atom. The lowest BCUT2D eigenvalue weighted by Gasteiger charge is -2.40. The van der Waals surface area contributed by atoms with Crippen molar-refractivity contribution in [2.45, 2.75) is 87.2 Å². The van der Waals surface area contributed by atoms with Gasteiger partial charge in [0, 0.05) is 43.3 Å². The molecule has 1 aliphatic carbocycles. The molecule has 9 rings (SSSR count). The zero-order valence-corrected chi connectivity index (χ0v) is 31.8. The molecule has 4 aromatic carbocycles. The first-order chi connectivity index (χ1) is 26.9. The van der Waals surface area contributed by atoms with Crippen molar-refractivity contribution in [2.24, 2.45) is 5.92 Å². The second-order valence-electron chi connectivity index (χ2n) is 16.9. The molecule has 8 heteroatoms. The molecule has 3 N–H and O–H groups in total. The van der Waals surface area contributed by atoms with Gasteiger partial charge in [-0.25, -0.2) is 0 Å². The van der Waals surface area contributed by atoms with E-state index in [9.17, 15) is 14.7 Å². The van der Waals surface area contributed by atoms with Gasteiger partial charge in [-0.1, -0.05) is 60.7 Å². The van der Waals surface area contributed by atoms with Crippen LogP contribution in [0, 0.1) is 5.92 Å². The zero-order chi connectivity index (χ0) is 37.4. The maximum Gasteiger partial charge on any atom is 0.249 e. The molecule has 4 saturated heterocycles. The summed E-state index contributed by atoms with van der Waals surface area (Å²) in [6.07, 6.45) is 8.63. The number of hydrogen-bond acceptors (Lipinski definition) is 7. The summed E-state index contributed by atoms with van der Waals surface area (Å²) in [6, 6.07) is 34.5. The van der Waals surface area contributed by atoms with Crippen molar-refractivity contribution >= 4 is 23.2 Å². The summed E-state index contributed by atoms with van der Waals surface area (Å²) in [7, 11) is 0. The first-order valence-corrected chi connectivity index (χ1v) is 20.7. The average molecular weight is 739 g/mol. The fourth-order valence-electron chi connectivity index (χ4n) is 10.4. The maximum atomic E-state index is 12.1. The highest BCUT2D eigenvalue weighted by Crippen LogP contribution is 2.47. The molecule has 1 spiro atoms. The number of likely N-dealkylation sites (tertiary alicyclic amines) is 1. The van der Waals surface area contributed by atoms with Crippen molar-refractivity contribution in [3.8, 4) is 5.75 Å². The summed E-state index contributed by atoms with van der Waals surface area (Å²) in [4.78, 5) is 28.8. The number of rotatable bonds is 8. The molecule has 4 fully saturated rings. The number of imide groups is 1. The van der Waals surface area contributed by atoms with Crippen LogP contribution in [-0.2, 0) is 20.7 Å². The van der Waals surface area contributed by atoms with Gasteiger partial charge in [-0.3, -0.25) is 14.9 Å². The number of anilines is 2. The monoisotopic (exact) mass is 738 g/mol. The summed E-state index contributed by atoms with van der Waals surface area (Å²) in [6.45, 7) is 6.29. The van der Waals surface area contributed by atoms with Crippen molar-refractivity contribution in [3.63, 3.8) is 0 Å². The maximum absolute atomic E-state index is 12.1. The number of phenols is 1. The summed E-state index contributed by atoms with van der Waals surface area (Å²) in [5, 5.41) is 16.0. The van der Waals surface area contributed by atoms with E-state index in [0.717, 1.165) is 83.5 Å². The predicted octanol–water partition coefficient (Wildman–Crippen LogP) is 7.73.